The van der Waals surface area contributed by atoms with E-state index in [1.54, 1.807) is 30.5 Å². The van der Waals surface area contributed by atoms with Gasteiger partial charge in [0.1, 0.15) is 5.58 Å². The minimum absolute atomic E-state index is 0.00300. The molecule has 0 unspecified atom stereocenters. The third-order valence-corrected chi connectivity index (χ3v) is 5.16. The molecule has 0 fully saturated rings. The van der Waals surface area contributed by atoms with Crippen LogP contribution in [0.3, 0.4) is 0 Å². The van der Waals surface area contributed by atoms with Gasteiger partial charge in [-0.2, -0.15) is 0 Å². The van der Waals surface area contributed by atoms with Crippen molar-refractivity contribution in [1.82, 2.24) is 5.32 Å². The van der Waals surface area contributed by atoms with E-state index in [4.69, 9.17) is 9.15 Å². The van der Waals surface area contributed by atoms with Gasteiger partial charge in [-0.1, -0.05) is 38.1 Å². The minimum atomic E-state index is -0.538. The molecular weight excluding hydrogens is 408 g/mol. The first kappa shape index (κ1) is 23.1. The Morgan fingerprint density at radius 3 is 2.56 bits per heavy atom. The first-order valence-corrected chi connectivity index (χ1v) is 10.5. The van der Waals surface area contributed by atoms with E-state index in [9.17, 15) is 14.4 Å². The Bertz CT molecular complexity index is 1150. The summed E-state index contributed by atoms with van der Waals surface area (Å²) in [5.41, 5.74) is 4.30. The van der Waals surface area contributed by atoms with Crippen LogP contribution in [0.2, 0.25) is 0 Å². The molecule has 1 aromatic heterocycles. The third-order valence-electron chi connectivity index (χ3n) is 5.16. The molecule has 0 aliphatic rings. The van der Waals surface area contributed by atoms with Crippen molar-refractivity contribution in [3.63, 3.8) is 0 Å². The highest BCUT2D eigenvalue weighted by Gasteiger charge is 2.16. The summed E-state index contributed by atoms with van der Waals surface area (Å²) in [6.45, 7) is 8.04. The fourth-order valence-electron chi connectivity index (χ4n) is 3.25. The number of furan rings is 1. The van der Waals surface area contributed by atoms with Gasteiger partial charge in [-0.15, -0.1) is 0 Å². The molecule has 32 heavy (non-hydrogen) atoms. The first-order valence-electron chi connectivity index (χ1n) is 10.5. The van der Waals surface area contributed by atoms with Crippen molar-refractivity contribution in [3.8, 4) is 0 Å². The van der Waals surface area contributed by atoms with Crippen LogP contribution in [0, 0.1) is 19.8 Å². The van der Waals surface area contributed by atoms with Crippen molar-refractivity contribution in [2.24, 2.45) is 5.92 Å². The van der Waals surface area contributed by atoms with E-state index < -0.39 is 18.5 Å². The molecule has 2 amide bonds. The number of esters is 1. The smallest absolute Gasteiger partial charge is 0.310 e. The van der Waals surface area contributed by atoms with Gasteiger partial charge in [0, 0.05) is 17.5 Å². The van der Waals surface area contributed by atoms with Crippen LogP contribution in [0.5, 0.6) is 0 Å². The van der Waals surface area contributed by atoms with Gasteiger partial charge in [0.05, 0.1) is 23.9 Å². The molecule has 2 N–H and O–H groups in total. The molecule has 2 aromatic carbocycles. The Kier molecular flexibility index (Phi) is 7.30. The number of carbonyl (C=O) groups is 3. The number of nitrogens with one attached hydrogen (secondary N) is 2. The van der Waals surface area contributed by atoms with Gasteiger partial charge in [-0.3, -0.25) is 14.4 Å². The maximum absolute atomic E-state index is 12.4. The Morgan fingerprint density at radius 2 is 1.81 bits per heavy atom. The average Bonchev–Trinajstić information content (AvgIpc) is 3.16. The SMILES string of the molecule is Cc1ccc2c(CC(=O)OCC(=O)Nc3ccccc3C(=O)NCC(C)C)coc2c1C. The summed E-state index contributed by atoms with van der Waals surface area (Å²) in [5.74, 6) is -1.03. The molecule has 1 heterocycles. The number of hydrogen-bond donors (Lipinski definition) is 2. The summed E-state index contributed by atoms with van der Waals surface area (Å²) >= 11 is 0. The van der Waals surface area contributed by atoms with Crippen LogP contribution < -0.4 is 10.6 Å². The lowest BCUT2D eigenvalue weighted by Gasteiger charge is -2.12. The van der Waals surface area contributed by atoms with Crippen LogP contribution in [0.25, 0.3) is 11.0 Å². The monoisotopic (exact) mass is 436 g/mol. The number of ether oxygens (including phenoxy) is 1. The molecule has 0 bridgehead atoms. The molecule has 0 aliphatic carbocycles. The molecule has 3 aromatic rings. The quantitative estimate of drug-likeness (QED) is 0.517. The number of anilines is 1. The number of benzene rings is 2. The van der Waals surface area contributed by atoms with Crippen molar-refractivity contribution in [3.05, 3.63) is 64.9 Å². The molecule has 168 valence electrons. The maximum atomic E-state index is 12.4. The van der Waals surface area contributed by atoms with E-state index in [0.717, 1.165) is 22.1 Å². The fraction of sp³-hybridized carbons (Fsp3) is 0.320. The minimum Gasteiger partial charge on any atom is -0.464 e. The third kappa shape index (κ3) is 5.55. The zero-order valence-corrected chi connectivity index (χ0v) is 18.8. The summed E-state index contributed by atoms with van der Waals surface area (Å²) in [4.78, 5) is 37.0. The highest BCUT2D eigenvalue weighted by atomic mass is 16.5. The molecule has 0 spiro atoms. The van der Waals surface area contributed by atoms with E-state index in [2.05, 4.69) is 10.6 Å². The lowest BCUT2D eigenvalue weighted by molar-refractivity contribution is -0.146. The number of amides is 2. The molecular formula is C25H28N2O5. The molecule has 0 saturated carbocycles. The number of fused-ring (bicyclic) bond motifs is 1. The zero-order chi connectivity index (χ0) is 23.3. The van der Waals surface area contributed by atoms with Crippen LogP contribution in [0.15, 0.2) is 47.1 Å². The zero-order valence-electron chi connectivity index (χ0n) is 18.8. The molecule has 0 atom stereocenters. The Morgan fingerprint density at radius 1 is 1.06 bits per heavy atom. The Balaban J connectivity index is 1.57. The van der Waals surface area contributed by atoms with Crippen molar-refractivity contribution in [1.29, 1.82) is 0 Å². The number of aryl methyl sites for hydroxylation is 2. The van der Waals surface area contributed by atoms with Gasteiger partial charge < -0.3 is 19.8 Å². The van der Waals surface area contributed by atoms with Crippen molar-refractivity contribution in [2.75, 3.05) is 18.5 Å². The average molecular weight is 437 g/mol. The number of para-hydroxylation sites is 1. The molecule has 7 heteroatoms. The number of rotatable bonds is 8. The van der Waals surface area contributed by atoms with E-state index >= 15 is 0 Å². The molecule has 0 saturated heterocycles. The van der Waals surface area contributed by atoms with Gasteiger partial charge in [0.25, 0.3) is 11.8 Å². The van der Waals surface area contributed by atoms with E-state index in [-0.39, 0.29) is 12.3 Å². The normalized spacial score (nSPS) is 10.9. The topological polar surface area (TPSA) is 97.6 Å². The second-order valence-electron chi connectivity index (χ2n) is 8.18. The van der Waals surface area contributed by atoms with Crippen LogP contribution in [0.4, 0.5) is 5.69 Å². The van der Waals surface area contributed by atoms with Crippen molar-refractivity contribution in [2.45, 2.75) is 34.1 Å². The summed E-state index contributed by atoms with van der Waals surface area (Å²) in [7, 11) is 0. The predicted molar refractivity (Wildman–Crippen MR) is 123 cm³/mol. The maximum Gasteiger partial charge on any atom is 0.310 e. The second kappa shape index (κ2) is 10.1. The van der Waals surface area contributed by atoms with E-state index in [1.807, 2.05) is 39.8 Å². The molecule has 0 radical (unpaired) electrons. The Labute approximate surface area is 187 Å². The summed E-state index contributed by atoms with van der Waals surface area (Å²) in [6.07, 6.45) is 1.54. The van der Waals surface area contributed by atoms with Crippen molar-refractivity contribution >= 4 is 34.4 Å². The van der Waals surface area contributed by atoms with E-state index in [1.165, 1.54) is 0 Å². The highest BCUT2D eigenvalue weighted by Crippen LogP contribution is 2.27. The van der Waals surface area contributed by atoms with E-state index in [0.29, 0.717) is 29.3 Å². The first-order chi connectivity index (χ1) is 15.3. The van der Waals surface area contributed by atoms with Crippen LogP contribution in [0.1, 0.15) is 40.9 Å². The van der Waals surface area contributed by atoms with Gasteiger partial charge in [-0.25, -0.2) is 0 Å². The summed E-state index contributed by atoms with van der Waals surface area (Å²) < 4.78 is 10.7. The summed E-state index contributed by atoms with van der Waals surface area (Å²) in [5, 5.41) is 6.32. The standard InChI is InChI=1S/C25H28N2O5/c1-15(2)12-26-25(30)20-7-5-6-8-21(20)27-22(28)14-31-23(29)11-18-13-32-24-17(4)16(3)9-10-19(18)24/h5-10,13,15H,11-12,14H2,1-4H3,(H,26,30)(H,27,28). The molecule has 3 rings (SSSR count). The van der Waals surface area contributed by atoms with Gasteiger partial charge in [0.2, 0.25) is 0 Å². The number of hydrogen-bond acceptors (Lipinski definition) is 5. The molecule has 0 aliphatic heterocycles. The fourth-order valence-corrected chi connectivity index (χ4v) is 3.25. The highest BCUT2D eigenvalue weighted by molar-refractivity contribution is 6.04. The Hall–Kier alpha value is -3.61. The largest absolute Gasteiger partial charge is 0.464 e. The molecule has 7 nitrogen and oxygen atoms in total. The van der Waals surface area contributed by atoms with Gasteiger partial charge >= 0.3 is 5.97 Å². The lowest BCUT2D eigenvalue weighted by atomic mass is 10.0. The van der Waals surface area contributed by atoms with Gasteiger partial charge in [0.15, 0.2) is 6.61 Å². The number of carbonyl (C=O) groups excluding carboxylic acids is 3. The lowest BCUT2D eigenvalue weighted by Crippen LogP contribution is -2.29. The van der Waals surface area contributed by atoms with Crippen molar-refractivity contribution < 1.29 is 23.5 Å². The van der Waals surface area contributed by atoms with Crippen LogP contribution >= 0.6 is 0 Å². The van der Waals surface area contributed by atoms with Gasteiger partial charge in [-0.05, 0) is 43.0 Å². The van der Waals surface area contributed by atoms with Crippen LogP contribution in [-0.2, 0) is 20.7 Å². The predicted octanol–water partition coefficient (Wildman–Crippen LogP) is 4.16. The van der Waals surface area contributed by atoms with Crippen LogP contribution in [-0.4, -0.2) is 30.9 Å². The second-order valence-corrected chi connectivity index (χ2v) is 8.18. The summed E-state index contributed by atoms with van der Waals surface area (Å²) in [6, 6.07) is 10.6.